The number of nitrogens with one attached hydrogen (secondary N) is 1. The molecule has 0 unspecified atom stereocenters. The van der Waals surface area contributed by atoms with Crippen molar-refractivity contribution in [1.29, 1.82) is 0 Å². The molecule has 0 bridgehead atoms. The predicted molar refractivity (Wildman–Crippen MR) is 286 cm³/mol. The molecule has 0 atom stereocenters. The maximum atomic E-state index is 13.8. The van der Waals surface area contributed by atoms with Crippen LogP contribution >= 0.6 is 0 Å². The van der Waals surface area contributed by atoms with E-state index >= 15 is 0 Å². The number of aldehydes is 1. The molecule has 23 nitrogen and oxygen atoms in total. The van der Waals surface area contributed by atoms with Crippen LogP contribution in [0, 0.1) is 11.6 Å². The Morgan fingerprint density at radius 2 is 1.12 bits per heavy atom. The fraction of sp³-hybridized carbons (Fsp3) is 0.455. The van der Waals surface area contributed by atoms with Crippen LogP contribution in [0.2, 0.25) is 0 Å². The first-order chi connectivity index (χ1) is 38.6. The second-order valence-corrected chi connectivity index (χ2v) is 19.3. The number of hydrogen-bond acceptors (Lipinski definition) is 21. The molecule has 2 saturated carbocycles. The molecule has 431 valence electrons. The van der Waals surface area contributed by atoms with Gasteiger partial charge in [-0.3, -0.25) is 29.1 Å². The number of halogens is 2. The van der Waals surface area contributed by atoms with Gasteiger partial charge in [-0.1, -0.05) is 7.43 Å². The van der Waals surface area contributed by atoms with Crippen molar-refractivity contribution in [3.63, 3.8) is 0 Å². The molecule has 3 N–H and O–H groups in total. The number of pyridine rings is 4. The zero-order valence-corrected chi connectivity index (χ0v) is 47.2. The zero-order chi connectivity index (χ0) is 56.9. The number of rotatable bonds is 6. The summed E-state index contributed by atoms with van der Waals surface area (Å²) < 4.78 is 63.8. The van der Waals surface area contributed by atoms with Gasteiger partial charge in [-0.15, -0.1) is 0 Å². The van der Waals surface area contributed by atoms with E-state index in [1.54, 1.807) is 28.3 Å². The summed E-state index contributed by atoms with van der Waals surface area (Å²) in [4.78, 5) is 92.1. The molecule has 12 rings (SSSR count). The Morgan fingerprint density at radius 3 is 1.59 bits per heavy atom. The van der Waals surface area contributed by atoms with Crippen molar-refractivity contribution in [3.8, 4) is 34.8 Å². The van der Waals surface area contributed by atoms with Gasteiger partial charge in [-0.25, -0.2) is 38.1 Å². The van der Waals surface area contributed by atoms with E-state index in [1.165, 1.54) is 24.6 Å². The summed E-state index contributed by atoms with van der Waals surface area (Å²) >= 11 is 0. The molecule has 82 heavy (non-hydrogen) atoms. The minimum absolute atomic E-state index is 0. The van der Waals surface area contributed by atoms with E-state index in [0.29, 0.717) is 67.8 Å². The second kappa shape index (κ2) is 30.2. The standard InChI is InChI=1S/C24H25FN4O4.C13H16FN3O2.C11H9NO3.C4H6O4.C2H3BO2.CH4.Na/c25-15-9-20-24(28-11-15)33-13-22(30)29(20)17-3-1-16(2-4-17)26-10-14-7-18-19(8-14)27-12-21-23(18)32-6-5-31-21;14-8-5-11-13(16-6-8)19-7-12(18)17(11)10-3-1-9(15)2-4-10;13-6-7-3-8-9(4-7)12-5-10-11(8)15-2-1-14-10;1-3(5)7-8-4(2)6;1-2(4)5-3;;/h8-9,11-12,16-17,26H,1-7,10,13H2;5-6,9-10H,1-4,7,15H2;4-6H,1-3H2;1-2H3;1H3;1H4;/q;;;;-1;;+1. The van der Waals surface area contributed by atoms with E-state index < -0.39 is 29.5 Å². The summed E-state index contributed by atoms with van der Waals surface area (Å²) in [5.74, 6) is 0.702. The molecule has 0 spiro atoms. The molecule has 4 aliphatic carbocycles. The summed E-state index contributed by atoms with van der Waals surface area (Å²) in [6.45, 7) is 6.46. The van der Waals surface area contributed by atoms with Crippen LogP contribution in [0.3, 0.4) is 0 Å². The third-order valence-electron chi connectivity index (χ3n) is 13.6. The van der Waals surface area contributed by atoms with Crippen molar-refractivity contribution >= 4 is 67.6 Å². The Kier molecular flexibility index (Phi) is 23.5. The van der Waals surface area contributed by atoms with Gasteiger partial charge >= 0.3 is 41.5 Å². The first kappa shape index (κ1) is 63.9. The number of carbonyl (C=O) groups excluding carboxylic acids is 6. The minimum Gasteiger partial charge on any atom is -0.793 e. The van der Waals surface area contributed by atoms with Gasteiger partial charge < -0.3 is 62.0 Å². The van der Waals surface area contributed by atoms with Gasteiger partial charge in [0.25, 0.3) is 11.8 Å². The zero-order valence-electron chi connectivity index (χ0n) is 45.2. The number of amides is 2. The molecule has 8 heterocycles. The quantitative estimate of drug-likeness (QED) is 0.121. The Morgan fingerprint density at radius 1 is 0.671 bits per heavy atom. The normalized spacial score (nSPS) is 19.9. The van der Waals surface area contributed by atoms with Crippen molar-refractivity contribution in [2.45, 2.75) is 117 Å². The molecule has 4 aromatic heterocycles. The number of allylic oxidation sites excluding steroid dienone is 1. The number of nitrogens with two attached hydrogens (primary N) is 1. The Balaban J connectivity index is 0.000000188. The molecule has 27 heteroatoms. The van der Waals surface area contributed by atoms with E-state index in [-0.39, 0.29) is 80.1 Å². The summed E-state index contributed by atoms with van der Waals surface area (Å²) in [6, 6.07) is 3.33. The van der Waals surface area contributed by atoms with Crippen molar-refractivity contribution in [3.05, 3.63) is 82.2 Å². The predicted octanol–water partition coefficient (Wildman–Crippen LogP) is 2.16. The Labute approximate surface area is 495 Å². The van der Waals surface area contributed by atoms with Gasteiger partial charge in [0.15, 0.2) is 36.2 Å². The summed E-state index contributed by atoms with van der Waals surface area (Å²) in [6.07, 6.45) is 18.8. The molecule has 4 aromatic rings. The van der Waals surface area contributed by atoms with Gasteiger partial charge in [0.2, 0.25) is 17.7 Å². The number of anilines is 2. The number of fused-ring (bicyclic) bond motifs is 8. The number of ether oxygens (including phenoxy) is 6. The number of carbonyl (C=O) groups is 6. The Bertz CT molecular complexity index is 3020. The molecule has 0 aromatic carbocycles. The molecule has 8 aliphatic rings. The summed E-state index contributed by atoms with van der Waals surface area (Å²) in [5.41, 5.74) is 12.6. The molecule has 4 aliphatic heterocycles. The van der Waals surface area contributed by atoms with Crippen molar-refractivity contribution < 1.29 is 110 Å². The van der Waals surface area contributed by atoms with Gasteiger partial charge in [0, 0.05) is 87.6 Å². The maximum Gasteiger partial charge on any atom is 1.00 e. The Hall–Kier alpha value is -7.26. The monoisotopic (exact) mass is 1150 g/mol. The number of hydrogen-bond donors (Lipinski definition) is 2. The average molecular weight is 1150 g/mol. The van der Waals surface area contributed by atoms with Gasteiger partial charge in [-0.2, -0.15) is 0 Å². The molecule has 2 amide bonds. The summed E-state index contributed by atoms with van der Waals surface area (Å²) in [7, 11) is 4.32. The van der Waals surface area contributed by atoms with Crippen molar-refractivity contribution in [2.75, 3.05) is 56.0 Å². The largest absolute Gasteiger partial charge is 1.00 e. The molecular formula is C55H63BF2N8NaO15. The first-order valence-electron chi connectivity index (χ1n) is 25.9. The third kappa shape index (κ3) is 16.5. The molecule has 0 saturated heterocycles. The fourth-order valence-corrected chi connectivity index (χ4v) is 10.0. The summed E-state index contributed by atoms with van der Waals surface area (Å²) in [5, 5.41) is 3.67. The second-order valence-electron chi connectivity index (χ2n) is 19.3. The van der Waals surface area contributed by atoms with E-state index in [2.05, 4.69) is 53.8 Å². The van der Waals surface area contributed by atoms with Gasteiger partial charge in [0.05, 0.1) is 36.2 Å². The van der Waals surface area contributed by atoms with E-state index in [9.17, 15) is 37.5 Å². The van der Waals surface area contributed by atoms with Gasteiger partial charge in [-0.05, 0) is 74.7 Å². The van der Waals surface area contributed by atoms with Crippen molar-refractivity contribution in [1.82, 2.24) is 25.3 Å². The van der Waals surface area contributed by atoms with Crippen molar-refractivity contribution in [2.24, 2.45) is 5.73 Å². The van der Waals surface area contributed by atoms with E-state index in [1.807, 2.05) is 0 Å². The van der Waals surface area contributed by atoms with Crippen LogP contribution < -0.4 is 78.8 Å². The minimum atomic E-state index is -0.639. The van der Waals surface area contributed by atoms with E-state index in [0.717, 1.165) is 142 Å². The third-order valence-corrected chi connectivity index (χ3v) is 13.6. The van der Waals surface area contributed by atoms with Crippen LogP contribution in [0.4, 0.5) is 20.2 Å². The molecule has 3 radical (unpaired) electrons. The van der Waals surface area contributed by atoms with Crippen LogP contribution in [-0.4, -0.2) is 134 Å². The number of aromatic nitrogens is 4. The molecule has 2 fully saturated rings. The van der Waals surface area contributed by atoms with Crippen LogP contribution in [-0.2, 0) is 56.0 Å². The van der Waals surface area contributed by atoms with E-state index in [4.69, 9.17) is 34.2 Å². The smallest absolute Gasteiger partial charge is 0.793 e. The van der Waals surface area contributed by atoms with Crippen LogP contribution in [0.25, 0.3) is 12.2 Å². The van der Waals surface area contributed by atoms with Crippen LogP contribution in [0.1, 0.15) is 102 Å². The SMILES string of the molecule is C.CC(=O)OOC(C)=O.NC1CCC(N2C(=O)COc3ncc(F)cc32)CC1.O=C1COc2ncc(F)cc2N1C1CCC(NCC2=Cc3ncc4c(c3C2)OCCO4)CC1.O=CC1=Cc2ncc3c(c2C1)OCCO3.[B-]OC(C)=O.[Na+]. The van der Waals surface area contributed by atoms with Crippen LogP contribution in [0.5, 0.6) is 34.8 Å². The molecular weight excluding hydrogens is 1080 g/mol. The maximum absolute atomic E-state index is 13.8. The average Bonchev–Trinajstić information content (AvgIpc) is 4.28. The number of nitrogens with zero attached hydrogens (tertiary/aromatic N) is 6. The topological polar surface area (TPSA) is 282 Å². The van der Waals surface area contributed by atoms with Gasteiger partial charge in [0.1, 0.15) is 55.7 Å². The fourth-order valence-electron chi connectivity index (χ4n) is 10.0. The van der Waals surface area contributed by atoms with Crippen LogP contribution in [0.15, 0.2) is 48.1 Å². The first-order valence-corrected chi connectivity index (χ1v) is 25.9.